The van der Waals surface area contributed by atoms with Crippen LogP contribution in [-0.2, 0) is 16.4 Å². The number of benzene rings is 1. The highest BCUT2D eigenvalue weighted by Gasteiger charge is 2.14. The molecular formula is C14H19N5O2S. The van der Waals surface area contributed by atoms with E-state index in [2.05, 4.69) is 19.7 Å². The van der Waals surface area contributed by atoms with Crippen molar-refractivity contribution in [3.8, 4) is 0 Å². The lowest BCUT2D eigenvalue weighted by molar-refractivity contribution is 0.592. The zero-order valence-electron chi connectivity index (χ0n) is 12.3. The number of nitrogens with two attached hydrogens (primary N) is 1. The van der Waals surface area contributed by atoms with E-state index in [1.807, 2.05) is 6.92 Å². The molecule has 7 nitrogen and oxygen atoms in total. The Kier molecular flexibility index (Phi) is 5.16. The first-order valence-electron chi connectivity index (χ1n) is 6.84. The molecule has 4 N–H and O–H groups in total. The lowest BCUT2D eigenvalue weighted by Gasteiger charge is -2.07. The van der Waals surface area contributed by atoms with Crippen LogP contribution in [-0.4, -0.2) is 30.9 Å². The second kappa shape index (κ2) is 7.08. The number of aromatic amines is 1. The van der Waals surface area contributed by atoms with Gasteiger partial charge in [0.25, 0.3) is 10.0 Å². The van der Waals surface area contributed by atoms with Crippen molar-refractivity contribution in [2.24, 2.45) is 10.7 Å². The van der Waals surface area contributed by atoms with Crippen LogP contribution in [0.25, 0.3) is 0 Å². The molecule has 22 heavy (non-hydrogen) atoms. The van der Waals surface area contributed by atoms with Crippen molar-refractivity contribution < 1.29 is 8.42 Å². The van der Waals surface area contributed by atoms with E-state index in [1.54, 1.807) is 24.7 Å². The van der Waals surface area contributed by atoms with Gasteiger partial charge in [-0.15, -0.1) is 0 Å². The maximum Gasteiger partial charge on any atom is 0.264 e. The molecule has 0 bridgehead atoms. The summed E-state index contributed by atoms with van der Waals surface area (Å²) < 4.78 is 26.4. The van der Waals surface area contributed by atoms with Crippen LogP contribution in [0.15, 0.2) is 46.7 Å². The predicted octanol–water partition coefficient (Wildman–Crippen LogP) is 0.944. The van der Waals surface area contributed by atoms with E-state index >= 15 is 0 Å². The van der Waals surface area contributed by atoms with Crippen molar-refractivity contribution in [1.29, 1.82) is 0 Å². The number of imidazole rings is 1. The van der Waals surface area contributed by atoms with E-state index in [9.17, 15) is 8.42 Å². The topological polar surface area (TPSA) is 113 Å². The second-order valence-corrected chi connectivity index (χ2v) is 6.55. The SMILES string of the molecule is Cc1ccc(S(=O)(=O)NC(N)=NCCCc2cnc[nH]2)cc1. The first-order chi connectivity index (χ1) is 10.5. The molecule has 2 aromatic rings. The minimum atomic E-state index is -3.68. The molecule has 0 spiro atoms. The van der Waals surface area contributed by atoms with Gasteiger partial charge < -0.3 is 10.7 Å². The quantitative estimate of drug-likeness (QED) is 0.417. The van der Waals surface area contributed by atoms with E-state index in [-0.39, 0.29) is 10.9 Å². The van der Waals surface area contributed by atoms with Crippen LogP contribution < -0.4 is 10.5 Å². The largest absolute Gasteiger partial charge is 0.369 e. The van der Waals surface area contributed by atoms with Gasteiger partial charge in [0.05, 0.1) is 11.2 Å². The first kappa shape index (κ1) is 16.0. The Bertz CT molecular complexity index is 721. The molecule has 1 aromatic carbocycles. The van der Waals surface area contributed by atoms with Crippen molar-refractivity contribution >= 4 is 16.0 Å². The number of guanidine groups is 1. The molecule has 0 unspecified atom stereocenters. The van der Waals surface area contributed by atoms with Crippen LogP contribution in [0.5, 0.6) is 0 Å². The van der Waals surface area contributed by atoms with Gasteiger partial charge in [-0.2, -0.15) is 0 Å². The third-order valence-corrected chi connectivity index (χ3v) is 4.38. The van der Waals surface area contributed by atoms with E-state index < -0.39 is 10.0 Å². The minimum Gasteiger partial charge on any atom is -0.369 e. The molecule has 1 aromatic heterocycles. The predicted molar refractivity (Wildman–Crippen MR) is 84.9 cm³/mol. The Hall–Kier alpha value is -2.35. The summed E-state index contributed by atoms with van der Waals surface area (Å²) in [5.74, 6) is -0.106. The Balaban J connectivity index is 1.88. The molecule has 0 amide bonds. The van der Waals surface area contributed by atoms with Crippen molar-refractivity contribution in [1.82, 2.24) is 14.7 Å². The van der Waals surface area contributed by atoms with Crippen LogP contribution >= 0.6 is 0 Å². The molecule has 0 saturated carbocycles. The van der Waals surface area contributed by atoms with Gasteiger partial charge in [-0.1, -0.05) is 17.7 Å². The van der Waals surface area contributed by atoms with Crippen LogP contribution in [0.4, 0.5) is 0 Å². The Morgan fingerprint density at radius 3 is 2.73 bits per heavy atom. The molecule has 8 heteroatoms. The number of nitrogens with zero attached hydrogens (tertiary/aromatic N) is 2. The number of rotatable bonds is 6. The van der Waals surface area contributed by atoms with Gasteiger partial charge in [0, 0.05) is 18.4 Å². The smallest absolute Gasteiger partial charge is 0.264 e. The van der Waals surface area contributed by atoms with Crippen LogP contribution in [0.2, 0.25) is 0 Å². The number of sulfonamides is 1. The van der Waals surface area contributed by atoms with Gasteiger partial charge in [0.1, 0.15) is 0 Å². The van der Waals surface area contributed by atoms with Gasteiger partial charge in [0.2, 0.25) is 5.96 Å². The highest BCUT2D eigenvalue weighted by atomic mass is 32.2. The van der Waals surface area contributed by atoms with E-state index in [0.29, 0.717) is 6.54 Å². The fourth-order valence-corrected chi connectivity index (χ4v) is 2.79. The molecular weight excluding hydrogens is 302 g/mol. The number of H-pyrrole nitrogens is 1. The summed E-state index contributed by atoms with van der Waals surface area (Å²) in [5.41, 5.74) is 7.62. The van der Waals surface area contributed by atoms with Crippen molar-refractivity contribution in [2.45, 2.75) is 24.7 Å². The molecule has 0 aliphatic heterocycles. The van der Waals surface area contributed by atoms with Crippen molar-refractivity contribution in [3.05, 3.63) is 48.0 Å². The first-order valence-corrected chi connectivity index (χ1v) is 8.32. The average Bonchev–Trinajstić information content (AvgIpc) is 2.97. The summed E-state index contributed by atoms with van der Waals surface area (Å²) in [7, 11) is -3.68. The molecule has 1 heterocycles. The van der Waals surface area contributed by atoms with Crippen molar-refractivity contribution in [2.75, 3.05) is 6.54 Å². The van der Waals surface area contributed by atoms with Gasteiger partial charge in [0.15, 0.2) is 0 Å². The highest BCUT2D eigenvalue weighted by molar-refractivity contribution is 7.90. The number of nitrogens with one attached hydrogen (secondary N) is 2. The van der Waals surface area contributed by atoms with Gasteiger partial charge >= 0.3 is 0 Å². The van der Waals surface area contributed by atoms with E-state index in [0.717, 1.165) is 24.1 Å². The molecule has 0 fully saturated rings. The molecule has 0 atom stereocenters. The number of aliphatic imine (C=N–C) groups is 1. The maximum absolute atomic E-state index is 12.1. The monoisotopic (exact) mass is 321 g/mol. The number of hydrogen-bond acceptors (Lipinski definition) is 4. The normalized spacial score (nSPS) is 12.3. The summed E-state index contributed by atoms with van der Waals surface area (Å²) in [6.45, 7) is 2.32. The lowest BCUT2D eigenvalue weighted by Crippen LogP contribution is -2.36. The summed E-state index contributed by atoms with van der Waals surface area (Å²) >= 11 is 0. The Morgan fingerprint density at radius 1 is 1.36 bits per heavy atom. The second-order valence-electron chi connectivity index (χ2n) is 4.87. The van der Waals surface area contributed by atoms with Gasteiger partial charge in [-0.05, 0) is 31.9 Å². The van der Waals surface area contributed by atoms with Crippen LogP contribution in [0.3, 0.4) is 0 Å². The average molecular weight is 321 g/mol. The summed E-state index contributed by atoms with van der Waals surface area (Å²) in [6, 6.07) is 6.52. The standard InChI is InChI=1S/C14H19N5O2S/c1-11-4-6-13(7-5-11)22(20,21)19-14(15)17-8-2-3-12-9-16-10-18-12/h4-7,9-10H,2-3,8H2,1H3,(H,16,18)(H3,15,17,19). The fraction of sp³-hybridized carbons (Fsp3) is 0.286. The Labute approximate surface area is 129 Å². The minimum absolute atomic E-state index is 0.106. The molecule has 2 rings (SSSR count). The molecule has 0 radical (unpaired) electrons. The van der Waals surface area contributed by atoms with Gasteiger partial charge in [-0.3, -0.25) is 4.99 Å². The third-order valence-electron chi connectivity index (χ3n) is 3.01. The molecule has 118 valence electrons. The highest BCUT2D eigenvalue weighted by Crippen LogP contribution is 2.09. The lowest BCUT2D eigenvalue weighted by atomic mass is 10.2. The third kappa shape index (κ3) is 4.59. The summed E-state index contributed by atoms with van der Waals surface area (Å²) in [5, 5.41) is 0. The molecule has 0 saturated heterocycles. The van der Waals surface area contributed by atoms with E-state index in [4.69, 9.17) is 5.73 Å². The maximum atomic E-state index is 12.1. The number of hydrogen-bond donors (Lipinski definition) is 3. The van der Waals surface area contributed by atoms with Gasteiger partial charge in [-0.25, -0.2) is 18.1 Å². The number of aromatic nitrogens is 2. The zero-order chi connectivity index (χ0) is 16.0. The van der Waals surface area contributed by atoms with E-state index in [1.165, 1.54) is 12.1 Å². The summed E-state index contributed by atoms with van der Waals surface area (Å²) in [6.07, 6.45) is 4.88. The fourth-order valence-electron chi connectivity index (χ4n) is 1.84. The summed E-state index contributed by atoms with van der Waals surface area (Å²) in [4.78, 5) is 11.1. The van der Waals surface area contributed by atoms with Crippen molar-refractivity contribution in [3.63, 3.8) is 0 Å². The Morgan fingerprint density at radius 2 is 2.09 bits per heavy atom. The number of aryl methyl sites for hydroxylation is 2. The molecule has 0 aliphatic rings. The zero-order valence-corrected chi connectivity index (χ0v) is 13.1. The van der Waals surface area contributed by atoms with Crippen LogP contribution in [0.1, 0.15) is 17.7 Å². The molecule has 0 aliphatic carbocycles. The van der Waals surface area contributed by atoms with Crippen LogP contribution in [0, 0.1) is 6.92 Å².